The Labute approximate surface area is 232 Å². The van der Waals surface area contributed by atoms with Gasteiger partial charge in [0.05, 0.1) is 0 Å². The van der Waals surface area contributed by atoms with Gasteiger partial charge in [-0.05, 0) is 80.2 Å². The molecular weight excluding hydrogens is 484 g/mol. The Morgan fingerprint density at radius 1 is 0.350 bits per heavy atom. The van der Waals surface area contributed by atoms with Gasteiger partial charge >= 0.3 is 0 Å². The summed E-state index contributed by atoms with van der Waals surface area (Å²) in [6, 6.07) is 52.2. The van der Waals surface area contributed by atoms with E-state index in [-0.39, 0.29) is 0 Å². The molecule has 7 aromatic carbocycles. The highest BCUT2D eigenvalue weighted by Crippen LogP contribution is 2.44. The highest BCUT2D eigenvalue weighted by Gasteiger charge is 2.17. The highest BCUT2D eigenvalue weighted by molar-refractivity contribution is 6.22. The molecule has 2 nitrogen and oxygen atoms in total. The maximum Gasteiger partial charge on any atom is 0.0466 e. The maximum absolute atomic E-state index is 3.71. The monoisotopic (exact) mass is 510 g/mol. The summed E-state index contributed by atoms with van der Waals surface area (Å²) in [7, 11) is 0. The minimum Gasteiger partial charge on any atom is -0.355 e. The Bertz CT molecular complexity index is 2170. The summed E-state index contributed by atoms with van der Waals surface area (Å²) in [5.41, 5.74) is 9.44. The van der Waals surface area contributed by atoms with Crippen LogP contribution in [-0.2, 0) is 0 Å². The second-order valence-corrected chi connectivity index (χ2v) is 10.3. The molecule has 2 heteroatoms. The zero-order valence-corrected chi connectivity index (χ0v) is 21.9. The van der Waals surface area contributed by atoms with E-state index in [4.69, 9.17) is 0 Å². The zero-order chi connectivity index (χ0) is 26.5. The molecule has 8 aromatic rings. The minimum absolute atomic E-state index is 1.07. The lowest BCUT2D eigenvalue weighted by Crippen LogP contribution is -1.94. The molecule has 0 atom stereocenters. The van der Waals surface area contributed by atoms with Gasteiger partial charge in [0.15, 0.2) is 0 Å². The largest absolute Gasteiger partial charge is 0.355 e. The van der Waals surface area contributed by atoms with Crippen LogP contribution in [0.5, 0.6) is 0 Å². The second-order valence-electron chi connectivity index (χ2n) is 10.3. The van der Waals surface area contributed by atoms with Crippen LogP contribution in [0.3, 0.4) is 0 Å². The van der Waals surface area contributed by atoms with E-state index in [1.54, 1.807) is 0 Å². The third-order valence-corrected chi connectivity index (χ3v) is 7.94. The van der Waals surface area contributed by atoms with Crippen molar-refractivity contribution in [2.24, 2.45) is 0 Å². The fourth-order valence-corrected chi connectivity index (χ4v) is 6.18. The lowest BCUT2D eigenvalue weighted by molar-refractivity contribution is 1.53. The molecule has 1 aromatic heterocycles. The number of hydrogen-bond donors (Lipinski definition) is 2. The van der Waals surface area contributed by atoms with Crippen molar-refractivity contribution in [2.45, 2.75) is 0 Å². The molecule has 0 radical (unpaired) electrons. The number of H-pyrrole nitrogens is 1. The molecule has 0 spiro atoms. The average molecular weight is 511 g/mol. The van der Waals surface area contributed by atoms with Crippen LogP contribution in [-0.4, -0.2) is 4.98 Å². The molecule has 0 saturated carbocycles. The van der Waals surface area contributed by atoms with E-state index in [0.29, 0.717) is 0 Å². The molecule has 8 rings (SSSR count). The normalized spacial score (nSPS) is 11.5. The molecule has 0 aliphatic rings. The molecule has 2 N–H and O–H groups in total. The minimum atomic E-state index is 1.07. The lowest BCUT2D eigenvalue weighted by Gasteiger charge is -2.19. The summed E-state index contributed by atoms with van der Waals surface area (Å²) in [5, 5.41) is 11.2. The fraction of sp³-hybridized carbons (Fsp3) is 0. The fourth-order valence-electron chi connectivity index (χ4n) is 6.18. The van der Waals surface area contributed by atoms with Gasteiger partial charge in [-0.2, -0.15) is 0 Å². The van der Waals surface area contributed by atoms with Crippen molar-refractivity contribution in [1.29, 1.82) is 0 Å². The van der Waals surface area contributed by atoms with Gasteiger partial charge in [-0.1, -0.05) is 109 Å². The number of anilines is 2. The van der Waals surface area contributed by atoms with Gasteiger partial charge in [0.1, 0.15) is 0 Å². The van der Waals surface area contributed by atoms with Gasteiger partial charge in [0, 0.05) is 33.2 Å². The van der Waals surface area contributed by atoms with Crippen LogP contribution in [0.2, 0.25) is 0 Å². The number of aromatic amines is 1. The van der Waals surface area contributed by atoms with E-state index in [1.807, 2.05) is 0 Å². The summed E-state index contributed by atoms with van der Waals surface area (Å²) >= 11 is 0. The molecule has 0 fully saturated rings. The SMILES string of the molecule is c1ccc(-c2c3ccccc3c(-c3ccccc3)c3cc(Nc4ccc5[nH]c6ccccc6c5c4)ccc23)cc1. The van der Waals surface area contributed by atoms with Crippen LogP contribution >= 0.6 is 0 Å². The number of para-hydroxylation sites is 1. The molecule has 0 aliphatic carbocycles. The molecule has 0 bridgehead atoms. The van der Waals surface area contributed by atoms with Crippen molar-refractivity contribution < 1.29 is 0 Å². The van der Waals surface area contributed by atoms with Gasteiger partial charge in [-0.15, -0.1) is 0 Å². The third kappa shape index (κ3) is 3.65. The maximum atomic E-state index is 3.71. The van der Waals surface area contributed by atoms with Crippen LogP contribution in [0.1, 0.15) is 0 Å². The topological polar surface area (TPSA) is 27.8 Å². The molecule has 1 heterocycles. The standard InChI is InChI=1S/C38H26N2/c1-3-11-25(12-4-1)37-30-16-7-8-17-31(30)38(26-13-5-2-6-14-26)34-24-27(19-21-32(34)37)39-28-20-22-36-33(23-28)29-15-9-10-18-35(29)40-36/h1-24,39-40H. The van der Waals surface area contributed by atoms with Crippen LogP contribution in [0.15, 0.2) is 146 Å². The molecule has 0 unspecified atom stereocenters. The average Bonchev–Trinajstić information content (AvgIpc) is 3.39. The van der Waals surface area contributed by atoms with Crippen molar-refractivity contribution in [3.05, 3.63) is 146 Å². The Balaban J connectivity index is 1.36. The van der Waals surface area contributed by atoms with Gasteiger partial charge in [0.25, 0.3) is 0 Å². The molecule has 188 valence electrons. The Hall–Kier alpha value is -5.34. The van der Waals surface area contributed by atoms with Crippen molar-refractivity contribution in [3.63, 3.8) is 0 Å². The first-order valence-electron chi connectivity index (χ1n) is 13.7. The van der Waals surface area contributed by atoms with E-state index in [0.717, 1.165) is 22.4 Å². The Morgan fingerprint density at radius 3 is 1.50 bits per heavy atom. The van der Waals surface area contributed by atoms with Gasteiger partial charge in [-0.25, -0.2) is 0 Å². The molecule has 40 heavy (non-hydrogen) atoms. The van der Waals surface area contributed by atoms with E-state index in [2.05, 4.69) is 156 Å². The summed E-state index contributed by atoms with van der Waals surface area (Å²) in [4.78, 5) is 3.53. The van der Waals surface area contributed by atoms with E-state index >= 15 is 0 Å². The van der Waals surface area contributed by atoms with Crippen molar-refractivity contribution in [2.75, 3.05) is 5.32 Å². The summed E-state index contributed by atoms with van der Waals surface area (Å²) in [5.74, 6) is 0. The number of aromatic nitrogens is 1. The van der Waals surface area contributed by atoms with E-state index in [9.17, 15) is 0 Å². The van der Waals surface area contributed by atoms with Crippen molar-refractivity contribution >= 4 is 54.7 Å². The molecule has 0 saturated heterocycles. The first-order valence-corrected chi connectivity index (χ1v) is 13.7. The predicted molar refractivity (Wildman–Crippen MR) is 171 cm³/mol. The van der Waals surface area contributed by atoms with Crippen LogP contribution in [0.4, 0.5) is 11.4 Å². The predicted octanol–water partition coefficient (Wildman–Crippen LogP) is 10.7. The van der Waals surface area contributed by atoms with Crippen molar-refractivity contribution in [3.8, 4) is 22.3 Å². The van der Waals surface area contributed by atoms with Crippen LogP contribution in [0.25, 0.3) is 65.6 Å². The Kier molecular flexibility index (Phi) is 5.17. The highest BCUT2D eigenvalue weighted by atomic mass is 14.9. The number of hydrogen-bond acceptors (Lipinski definition) is 1. The number of fused-ring (bicyclic) bond motifs is 5. The summed E-state index contributed by atoms with van der Waals surface area (Å²) < 4.78 is 0. The lowest BCUT2D eigenvalue weighted by atomic mass is 9.86. The third-order valence-electron chi connectivity index (χ3n) is 7.94. The van der Waals surface area contributed by atoms with Crippen LogP contribution < -0.4 is 5.32 Å². The number of nitrogens with one attached hydrogen (secondary N) is 2. The summed E-state index contributed by atoms with van der Waals surface area (Å²) in [6.45, 7) is 0. The van der Waals surface area contributed by atoms with Gasteiger partial charge in [0.2, 0.25) is 0 Å². The first-order chi connectivity index (χ1) is 19.8. The molecule has 0 aliphatic heterocycles. The summed E-state index contributed by atoms with van der Waals surface area (Å²) in [6.07, 6.45) is 0. The quantitative estimate of drug-likeness (QED) is 0.226. The second kappa shape index (κ2) is 9.14. The van der Waals surface area contributed by atoms with E-state index in [1.165, 1.54) is 54.6 Å². The van der Waals surface area contributed by atoms with E-state index < -0.39 is 0 Å². The molecule has 0 amide bonds. The van der Waals surface area contributed by atoms with Gasteiger partial charge < -0.3 is 10.3 Å². The molecular formula is C38H26N2. The van der Waals surface area contributed by atoms with Crippen molar-refractivity contribution in [1.82, 2.24) is 4.98 Å². The van der Waals surface area contributed by atoms with Gasteiger partial charge in [-0.3, -0.25) is 0 Å². The first kappa shape index (κ1) is 22.6. The number of rotatable bonds is 4. The smallest absolute Gasteiger partial charge is 0.0466 e. The Morgan fingerprint density at radius 2 is 0.825 bits per heavy atom. The number of benzene rings is 7. The zero-order valence-electron chi connectivity index (χ0n) is 21.9. The van der Waals surface area contributed by atoms with Crippen LogP contribution in [0, 0.1) is 0 Å².